The number of methoxy groups -OCH3 is 1. The Labute approximate surface area is 121 Å². The monoisotopic (exact) mass is 282 g/mol. The fourth-order valence-electron chi connectivity index (χ4n) is 3.63. The Morgan fingerprint density at radius 1 is 1.30 bits per heavy atom. The van der Waals surface area contributed by atoms with Crippen molar-refractivity contribution >= 4 is 11.8 Å². The lowest BCUT2D eigenvalue weighted by atomic mass is 9.77. The summed E-state index contributed by atoms with van der Waals surface area (Å²) in [5.41, 5.74) is -1.15. The zero-order valence-electron chi connectivity index (χ0n) is 13.0. The van der Waals surface area contributed by atoms with Gasteiger partial charge in [-0.25, -0.2) is 0 Å². The third-order valence-electron chi connectivity index (χ3n) is 4.61. The molecule has 2 amide bonds. The van der Waals surface area contributed by atoms with Crippen molar-refractivity contribution in [2.24, 2.45) is 0 Å². The molecule has 2 rings (SSSR count). The largest absolute Gasteiger partial charge is 0.382 e. The van der Waals surface area contributed by atoms with Gasteiger partial charge in [0.05, 0.1) is 12.1 Å². The van der Waals surface area contributed by atoms with Crippen LogP contribution in [0.1, 0.15) is 52.9 Å². The zero-order chi connectivity index (χ0) is 15.0. The fourth-order valence-corrected chi connectivity index (χ4v) is 3.63. The van der Waals surface area contributed by atoms with E-state index in [-0.39, 0.29) is 11.8 Å². The first-order valence-corrected chi connectivity index (χ1v) is 7.49. The van der Waals surface area contributed by atoms with E-state index >= 15 is 0 Å². The highest BCUT2D eigenvalue weighted by atomic mass is 16.5. The van der Waals surface area contributed by atoms with Crippen molar-refractivity contribution in [3.8, 4) is 0 Å². The lowest BCUT2D eigenvalue weighted by Crippen LogP contribution is -2.74. The molecule has 0 radical (unpaired) electrons. The first-order valence-electron chi connectivity index (χ1n) is 7.49. The molecule has 2 fully saturated rings. The molecule has 2 aliphatic rings. The summed E-state index contributed by atoms with van der Waals surface area (Å²) in [6.45, 7) is 6.13. The van der Waals surface area contributed by atoms with E-state index in [1.807, 2.05) is 13.8 Å². The number of hydrogen-bond donors (Lipinski definition) is 1. The molecular weight excluding hydrogens is 256 g/mol. The van der Waals surface area contributed by atoms with Gasteiger partial charge in [0.15, 0.2) is 0 Å². The van der Waals surface area contributed by atoms with Crippen LogP contribution in [0.25, 0.3) is 0 Å². The molecule has 1 saturated carbocycles. The lowest BCUT2D eigenvalue weighted by Gasteiger charge is -2.52. The van der Waals surface area contributed by atoms with Crippen LogP contribution in [0.5, 0.6) is 0 Å². The Morgan fingerprint density at radius 2 is 1.90 bits per heavy atom. The molecule has 1 unspecified atom stereocenters. The molecule has 1 atom stereocenters. The molecule has 1 saturated heterocycles. The van der Waals surface area contributed by atoms with Gasteiger partial charge in [0.1, 0.15) is 11.6 Å². The maximum atomic E-state index is 13.0. The van der Waals surface area contributed by atoms with E-state index in [1.54, 1.807) is 18.9 Å². The SMILES string of the molecule is COCC(C)(C)N1C(=O)C2(CCCCC2)NC(=O)C1C. The van der Waals surface area contributed by atoms with Crippen LogP contribution in [0.3, 0.4) is 0 Å². The normalized spacial score (nSPS) is 26.8. The summed E-state index contributed by atoms with van der Waals surface area (Å²) in [5.74, 6) is 0.0158. The van der Waals surface area contributed by atoms with Crippen molar-refractivity contribution in [2.75, 3.05) is 13.7 Å². The van der Waals surface area contributed by atoms with Crippen LogP contribution in [0, 0.1) is 0 Å². The van der Waals surface area contributed by atoms with Crippen LogP contribution in [-0.2, 0) is 14.3 Å². The van der Waals surface area contributed by atoms with E-state index in [0.29, 0.717) is 6.61 Å². The minimum absolute atomic E-state index is 0.0457. The number of ether oxygens (including phenoxy) is 1. The third kappa shape index (κ3) is 2.43. The second kappa shape index (κ2) is 5.35. The molecule has 1 N–H and O–H groups in total. The maximum Gasteiger partial charge on any atom is 0.249 e. The Morgan fingerprint density at radius 3 is 2.45 bits per heavy atom. The summed E-state index contributed by atoms with van der Waals surface area (Å²) >= 11 is 0. The molecule has 0 aromatic heterocycles. The Balaban J connectivity index is 2.33. The maximum absolute atomic E-state index is 13.0. The smallest absolute Gasteiger partial charge is 0.249 e. The number of carbonyl (C=O) groups excluding carboxylic acids is 2. The van der Waals surface area contributed by atoms with Gasteiger partial charge in [0, 0.05) is 7.11 Å². The van der Waals surface area contributed by atoms with Gasteiger partial charge in [0.25, 0.3) is 0 Å². The van der Waals surface area contributed by atoms with Gasteiger partial charge in [-0.15, -0.1) is 0 Å². The second-order valence-electron chi connectivity index (χ2n) is 6.73. The zero-order valence-corrected chi connectivity index (χ0v) is 13.0. The molecule has 0 aromatic carbocycles. The summed E-state index contributed by atoms with van der Waals surface area (Å²) < 4.78 is 5.24. The molecule has 1 heterocycles. The standard InChI is InChI=1S/C15H26N2O3/c1-11-12(18)16-15(8-6-5-7-9-15)13(19)17(11)14(2,3)10-20-4/h11H,5-10H2,1-4H3,(H,16,18). The molecule has 114 valence electrons. The van der Waals surface area contributed by atoms with Crippen molar-refractivity contribution in [1.82, 2.24) is 10.2 Å². The van der Waals surface area contributed by atoms with Gasteiger partial charge < -0.3 is 15.0 Å². The van der Waals surface area contributed by atoms with Gasteiger partial charge in [-0.3, -0.25) is 9.59 Å². The second-order valence-corrected chi connectivity index (χ2v) is 6.73. The van der Waals surface area contributed by atoms with E-state index in [9.17, 15) is 9.59 Å². The molecular formula is C15H26N2O3. The lowest BCUT2D eigenvalue weighted by molar-refractivity contribution is -0.164. The highest BCUT2D eigenvalue weighted by molar-refractivity contribution is 6.00. The van der Waals surface area contributed by atoms with E-state index in [4.69, 9.17) is 4.74 Å². The predicted molar refractivity (Wildman–Crippen MR) is 76.2 cm³/mol. The summed E-state index contributed by atoms with van der Waals surface area (Å²) in [6, 6.07) is -0.444. The van der Waals surface area contributed by atoms with Crippen LogP contribution in [-0.4, -0.2) is 47.6 Å². The Hall–Kier alpha value is -1.10. The number of rotatable bonds is 3. The van der Waals surface area contributed by atoms with Crippen molar-refractivity contribution < 1.29 is 14.3 Å². The van der Waals surface area contributed by atoms with Crippen molar-refractivity contribution in [2.45, 2.75) is 70.0 Å². The third-order valence-corrected chi connectivity index (χ3v) is 4.61. The fraction of sp³-hybridized carbons (Fsp3) is 0.867. The van der Waals surface area contributed by atoms with Gasteiger partial charge in [-0.1, -0.05) is 19.3 Å². The number of carbonyl (C=O) groups is 2. The van der Waals surface area contributed by atoms with Crippen LogP contribution in [0.15, 0.2) is 0 Å². The van der Waals surface area contributed by atoms with Gasteiger partial charge >= 0.3 is 0 Å². The van der Waals surface area contributed by atoms with Crippen LogP contribution < -0.4 is 5.32 Å². The highest BCUT2D eigenvalue weighted by Crippen LogP contribution is 2.36. The van der Waals surface area contributed by atoms with E-state index in [2.05, 4.69) is 5.32 Å². The summed E-state index contributed by atoms with van der Waals surface area (Å²) in [4.78, 5) is 27.1. The van der Waals surface area contributed by atoms with E-state index < -0.39 is 17.1 Å². The molecule has 1 aliphatic carbocycles. The summed E-state index contributed by atoms with van der Waals surface area (Å²) in [6.07, 6.45) is 4.65. The number of hydrogen-bond acceptors (Lipinski definition) is 3. The van der Waals surface area contributed by atoms with Gasteiger partial charge in [0.2, 0.25) is 11.8 Å². The topological polar surface area (TPSA) is 58.6 Å². The van der Waals surface area contributed by atoms with Crippen molar-refractivity contribution in [1.29, 1.82) is 0 Å². The molecule has 1 spiro atoms. The Bertz CT molecular complexity index is 400. The average Bonchev–Trinajstić information content (AvgIpc) is 2.37. The Kier molecular flexibility index (Phi) is 4.09. The number of nitrogens with zero attached hydrogens (tertiary/aromatic N) is 1. The van der Waals surface area contributed by atoms with Gasteiger partial charge in [-0.05, 0) is 33.6 Å². The quantitative estimate of drug-likeness (QED) is 0.852. The van der Waals surface area contributed by atoms with Crippen molar-refractivity contribution in [3.63, 3.8) is 0 Å². The van der Waals surface area contributed by atoms with Crippen molar-refractivity contribution in [3.05, 3.63) is 0 Å². The molecule has 5 nitrogen and oxygen atoms in total. The van der Waals surface area contributed by atoms with E-state index in [0.717, 1.165) is 32.1 Å². The first-order chi connectivity index (χ1) is 9.34. The van der Waals surface area contributed by atoms with Crippen LogP contribution in [0.4, 0.5) is 0 Å². The molecule has 20 heavy (non-hydrogen) atoms. The molecule has 0 aromatic rings. The minimum atomic E-state index is -0.674. The van der Waals surface area contributed by atoms with E-state index in [1.165, 1.54) is 0 Å². The van der Waals surface area contributed by atoms with Crippen LogP contribution in [0.2, 0.25) is 0 Å². The number of amides is 2. The molecule has 0 bridgehead atoms. The summed E-state index contributed by atoms with van der Waals surface area (Å²) in [7, 11) is 1.62. The predicted octanol–water partition coefficient (Wildman–Crippen LogP) is 1.46. The highest BCUT2D eigenvalue weighted by Gasteiger charge is 2.53. The van der Waals surface area contributed by atoms with Gasteiger partial charge in [-0.2, -0.15) is 0 Å². The molecule has 1 aliphatic heterocycles. The number of nitrogens with one attached hydrogen (secondary N) is 1. The first kappa shape index (κ1) is 15.3. The minimum Gasteiger partial charge on any atom is -0.382 e. The average molecular weight is 282 g/mol. The summed E-state index contributed by atoms with van der Waals surface area (Å²) in [5, 5.41) is 3.00. The van der Waals surface area contributed by atoms with Crippen LogP contribution >= 0.6 is 0 Å². The molecule has 5 heteroatoms. The number of piperazine rings is 1.